The van der Waals surface area contributed by atoms with Gasteiger partial charge < -0.3 is 25.3 Å². The Labute approximate surface area is 234 Å². The SMILES string of the molecule is CC(=O)N1CCN(C(=O)c2cccc(CSc3cnc(NC(=O)c4ccc(NC[C@@H](O)CO)nc4)s3)c2)CC1. The Morgan fingerprint density at radius 1 is 1.05 bits per heavy atom. The minimum absolute atomic E-state index is 0.0311. The molecule has 0 saturated carbocycles. The van der Waals surface area contributed by atoms with Gasteiger partial charge in [-0.1, -0.05) is 23.5 Å². The molecule has 1 fully saturated rings. The van der Waals surface area contributed by atoms with E-state index >= 15 is 0 Å². The van der Waals surface area contributed by atoms with E-state index in [-0.39, 0.29) is 30.9 Å². The minimum atomic E-state index is -0.890. The van der Waals surface area contributed by atoms with Crippen molar-refractivity contribution in [1.29, 1.82) is 0 Å². The molecule has 0 aliphatic carbocycles. The van der Waals surface area contributed by atoms with Gasteiger partial charge in [-0.15, -0.1) is 11.8 Å². The van der Waals surface area contributed by atoms with Crippen molar-refractivity contribution < 1.29 is 24.6 Å². The van der Waals surface area contributed by atoms with Crippen molar-refractivity contribution in [2.75, 3.05) is 50.0 Å². The number of rotatable bonds is 10. The van der Waals surface area contributed by atoms with Gasteiger partial charge in [-0.25, -0.2) is 9.97 Å². The number of thioether (sulfide) groups is 1. The van der Waals surface area contributed by atoms with E-state index in [0.29, 0.717) is 54.0 Å². The van der Waals surface area contributed by atoms with Crippen LogP contribution in [-0.4, -0.2) is 93.1 Å². The number of carbonyl (C=O) groups excluding carboxylic acids is 3. The van der Waals surface area contributed by atoms with Crippen LogP contribution in [0.3, 0.4) is 0 Å². The molecule has 0 spiro atoms. The Morgan fingerprint density at radius 3 is 2.51 bits per heavy atom. The molecule has 1 aromatic carbocycles. The summed E-state index contributed by atoms with van der Waals surface area (Å²) < 4.78 is 0.919. The average molecular weight is 571 g/mol. The van der Waals surface area contributed by atoms with Crippen molar-refractivity contribution in [3.63, 3.8) is 0 Å². The minimum Gasteiger partial charge on any atom is -0.394 e. The van der Waals surface area contributed by atoms with Crippen LogP contribution < -0.4 is 10.6 Å². The summed E-state index contributed by atoms with van der Waals surface area (Å²) in [5, 5.41) is 24.4. The Bertz CT molecular complexity index is 1290. The fourth-order valence-corrected chi connectivity index (χ4v) is 5.64. The van der Waals surface area contributed by atoms with Crippen molar-refractivity contribution in [2.45, 2.75) is 23.0 Å². The van der Waals surface area contributed by atoms with Crippen LogP contribution in [0.15, 0.2) is 53.0 Å². The molecule has 0 radical (unpaired) electrons. The number of aliphatic hydroxyl groups excluding tert-OH is 2. The number of hydrogen-bond donors (Lipinski definition) is 4. The smallest absolute Gasteiger partial charge is 0.259 e. The molecule has 0 unspecified atom stereocenters. The van der Waals surface area contributed by atoms with Crippen LogP contribution in [0.2, 0.25) is 0 Å². The molecule has 206 valence electrons. The van der Waals surface area contributed by atoms with Crippen molar-refractivity contribution in [2.24, 2.45) is 0 Å². The normalized spacial score (nSPS) is 14.1. The molecule has 4 N–H and O–H groups in total. The van der Waals surface area contributed by atoms with E-state index in [1.54, 1.807) is 46.8 Å². The molecule has 1 atom stereocenters. The Kier molecular flexibility index (Phi) is 9.87. The number of pyridine rings is 1. The third kappa shape index (κ3) is 7.99. The van der Waals surface area contributed by atoms with Gasteiger partial charge in [0.1, 0.15) is 5.82 Å². The quantitative estimate of drug-likeness (QED) is 0.269. The molecule has 39 heavy (non-hydrogen) atoms. The molecule has 0 bridgehead atoms. The number of nitrogens with zero attached hydrogens (tertiary/aromatic N) is 4. The molecule has 1 aliphatic rings. The highest BCUT2D eigenvalue weighted by atomic mass is 32.2. The molecular weight excluding hydrogens is 540 g/mol. The van der Waals surface area contributed by atoms with Gasteiger partial charge in [0.15, 0.2) is 5.13 Å². The zero-order valence-corrected chi connectivity index (χ0v) is 23.0. The molecule has 3 heterocycles. The fourth-order valence-electron chi connectivity index (χ4n) is 3.83. The number of hydrogen-bond acceptors (Lipinski definition) is 10. The van der Waals surface area contributed by atoms with Crippen LogP contribution in [-0.2, 0) is 10.5 Å². The summed E-state index contributed by atoms with van der Waals surface area (Å²) in [5.41, 5.74) is 1.98. The number of carbonyl (C=O) groups is 3. The highest BCUT2D eigenvalue weighted by molar-refractivity contribution is 8.00. The highest BCUT2D eigenvalue weighted by Crippen LogP contribution is 2.31. The predicted octanol–water partition coefficient (Wildman–Crippen LogP) is 2.15. The van der Waals surface area contributed by atoms with Crippen LogP contribution in [0.4, 0.5) is 10.9 Å². The molecule has 1 aliphatic heterocycles. The Balaban J connectivity index is 1.27. The average Bonchev–Trinajstić information content (AvgIpc) is 3.41. The van der Waals surface area contributed by atoms with Crippen LogP contribution in [0, 0.1) is 0 Å². The lowest BCUT2D eigenvalue weighted by Gasteiger charge is -2.34. The van der Waals surface area contributed by atoms with Crippen molar-refractivity contribution in [3.05, 3.63) is 65.5 Å². The standard InChI is InChI=1S/C26H30N6O5S2/c1-17(34)31-7-9-32(10-8-31)25(37)19-4-2-3-18(11-19)16-38-23-14-29-26(39-23)30-24(36)20-5-6-22(27-12-20)28-13-21(35)15-33/h2-6,11-12,14,21,33,35H,7-10,13,15-16H2,1H3,(H,27,28)(H,29,30,36)/t21-/m1/s1. The summed E-state index contributed by atoms with van der Waals surface area (Å²) in [6.45, 7) is 3.50. The summed E-state index contributed by atoms with van der Waals surface area (Å²) in [7, 11) is 0. The second-order valence-corrected chi connectivity index (χ2v) is 11.2. The Hall–Kier alpha value is -3.52. The van der Waals surface area contributed by atoms with Gasteiger partial charge in [0.25, 0.3) is 11.8 Å². The van der Waals surface area contributed by atoms with Gasteiger partial charge >= 0.3 is 0 Å². The zero-order valence-electron chi connectivity index (χ0n) is 21.4. The van der Waals surface area contributed by atoms with Gasteiger partial charge in [-0.05, 0) is 29.8 Å². The molecule has 4 rings (SSSR count). The second kappa shape index (κ2) is 13.5. The number of piperazine rings is 1. The first-order chi connectivity index (χ1) is 18.8. The number of anilines is 2. The van der Waals surface area contributed by atoms with Gasteiger partial charge in [0.2, 0.25) is 5.91 Å². The summed E-state index contributed by atoms with van der Waals surface area (Å²) in [6.07, 6.45) is 2.23. The summed E-state index contributed by atoms with van der Waals surface area (Å²) in [5.74, 6) is 0.773. The maximum atomic E-state index is 13.0. The molecule has 3 amide bonds. The number of aliphatic hydroxyl groups is 2. The molecular formula is C26H30N6O5S2. The van der Waals surface area contributed by atoms with E-state index in [4.69, 9.17) is 5.11 Å². The third-order valence-electron chi connectivity index (χ3n) is 6.03. The van der Waals surface area contributed by atoms with E-state index in [2.05, 4.69) is 20.6 Å². The largest absolute Gasteiger partial charge is 0.394 e. The maximum absolute atomic E-state index is 13.0. The van der Waals surface area contributed by atoms with E-state index in [0.717, 1.165) is 9.77 Å². The molecule has 13 heteroatoms. The summed E-state index contributed by atoms with van der Waals surface area (Å²) in [4.78, 5) is 49.0. The Morgan fingerprint density at radius 2 is 1.82 bits per heavy atom. The van der Waals surface area contributed by atoms with Crippen LogP contribution in [0.5, 0.6) is 0 Å². The first-order valence-corrected chi connectivity index (χ1v) is 14.1. The maximum Gasteiger partial charge on any atom is 0.259 e. The third-order valence-corrected chi connectivity index (χ3v) is 8.21. The number of aromatic nitrogens is 2. The van der Waals surface area contributed by atoms with Gasteiger partial charge in [0, 0.05) is 57.2 Å². The monoisotopic (exact) mass is 570 g/mol. The van der Waals surface area contributed by atoms with E-state index in [1.165, 1.54) is 17.5 Å². The summed E-state index contributed by atoms with van der Waals surface area (Å²) in [6, 6.07) is 10.8. The first-order valence-electron chi connectivity index (χ1n) is 12.3. The molecule has 2 aromatic heterocycles. The lowest BCUT2D eigenvalue weighted by Crippen LogP contribution is -2.50. The lowest BCUT2D eigenvalue weighted by molar-refractivity contribution is -0.130. The van der Waals surface area contributed by atoms with E-state index < -0.39 is 6.10 Å². The number of benzene rings is 1. The highest BCUT2D eigenvalue weighted by Gasteiger charge is 2.23. The van der Waals surface area contributed by atoms with Gasteiger partial charge in [-0.3, -0.25) is 19.7 Å². The zero-order chi connectivity index (χ0) is 27.8. The second-order valence-electron chi connectivity index (χ2n) is 8.88. The lowest BCUT2D eigenvalue weighted by atomic mass is 10.1. The van der Waals surface area contributed by atoms with E-state index in [9.17, 15) is 19.5 Å². The van der Waals surface area contributed by atoms with Gasteiger partial charge in [0.05, 0.1) is 28.7 Å². The predicted molar refractivity (Wildman–Crippen MR) is 150 cm³/mol. The van der Waals surface area contributed by atoms with E-state index in [1.807, 2.05) is 24.3 Å². The number of thiazole rings is 1. The molecule has 11 nitrogen and oxygen atoms in total. The van der Waals surface area contributed by atoms with Crippen molar-refractivity contribution in [3.8, 4) is 0 Å². The first kappa shape index (κ1) is 28.5. The van der Waals surface area contributed by atoms with Crippen LogP contribution in [0.25, 0.3) is 0 Å². The topological polar surface area (TPSA) is 148 Å². The molecule has 3 aromatic rings. The van der Waals surface area contributed by atoms with Crippen molar-refractivity contribution >= 4 is 51.8 Å². The van der Waals surface area contributed by atoms with Gasteiger partial charge in [-0.2, -0.15) is 0 Å². The number of nitrogens with one attached hydrogen (secondary N) is 2. The number of amides is 3. The van der Waals surface area contributed by atoms with Crippen molar-refractivity contribution in [1.82, 2.24) is 19.8 Å². The summed E-state index contributed by atoms with van der Waals surface area (Å²) >= 11 is 2.92. The fraction of sp³-hybridized carbons (Fsp3) is 0.346. The van der Waals surface area contributed by atoms with Crippen LogP contribution >= 0.6 is 23.1 Å². The molecule has 1 saturated heterocycles. The van der Waals surface area contributed by atoms with Crippen LogP contribution in [0.1, 0.15) is 33.2 Å².